The quantitative estimate of drug-likeness (QED) is 0.943. The number of ether oxygens (including phenoxy) is 1. The van der Waals surface area contributed by atoms with Crippen LogP contribution < -0.4 is 5.32 Å². The zero-order chi connectivity index (χ0) is 13.8. The smallest absolute Gasteiger partial charge is 0.435 e. The van der Waals surface area contributed by atoms with Crippen LogP contribution in [0.2, 0.25) is 0 Å². The van der Waals surface area contributed by atoms with E-state index in [1.54, 1.807) is 23.6 Å². The van der Waals surface area contributed by atoms with E-state index in [1.807, 2.05) is 29.7 Å². The van der Waals surface area contributed by atoms with E-state index in [-0.39, 0.29) is 6.10 Å². The minimum Gasteiger partial charge on any atom is -0.443 e. The Balaban J connectivity index is 1.62. The highest BCUT2D eigenvalue weighted by Crippen LogP contribution is 2.12. The summed E-state index contributed by atoms with van der Waals surface area (Å²) in [6.45, 7) is 1.62. The van der Waals surface area contributed by atoms with Gasteiger partial charge in [-0.1, -0.05) is 6.07 Å². The molecule has 2 aromatic heterocycles. The average Bonchev–Trinajstić information content (AvgIpc) is 3.19. The van der Waals surface area contributed by atoms with Crippen LogP contribution in [0.5, 0.6) is 0 Å². The van der Waals surface area contributed by atoms with Gasteiger partial charge in [0.1, 0.15) is 6.10 Å². The Labute approximate surface area is 120 Å². The van der Waals surface area contributed by atoms with E-state index in [4.69, 9.17) is 4.74 Å². The first-order valence-corrected chi connectivity index (χ1v) is 7.38. The molecule has 1 atom stereocenters. The van der Waals surface area contributed by atoms with Gasteiger partial charge >= 0.3 is 6.09 Å². The topological polar surface area (TPSA) is 56.1 Å². The van der Waals surface area contributed by atoms with Gasteiger partial charge in [0.2, 0.25) is 0 Å². The minimum absolute atomic E-state index is 0.0446. The second kappa shape index (κ2) is 6.02. The fourth-order valence-corrected chi connectivity index (χ4v) is 2.63. The molecular weight excluding hydrogens is 274 g/mol. The summed E-state index contributed by atoms with van der Waals surface area (Å²) >= 11 is 1.66. The van der Waals surface area contributed by atoms with Crippen LogP contribution in [-0.4, -0.2) is 35.1 Å². The van der Waals surface area contributed by atoms with Gasteiger partial charge in [-0.15, -0.1) is 11.3 Å². The summed E-state index contributed by atoms with van der Waals surface area (Å²) in [6.07, 6.45) is 5.87. The molecule has 1 N–H and O–H groups in total. The van der Waals surface area contributed by atoms with Crippen LogP contribution in [0.1, 0.15) is 17.0 Å². The normalized spacial score (nSPS) is 18.7. The Kier molecular flexibility index (Phi) is 3.94. The molecule has 3 rings (SSSR count). The molecular formula is C14H15N3O2S. The van der Waals surface area contributed by atoms with Crippen LogP contribution in [0.25, 0.3) is 12.2 Å². The standard InChI is InChI=1S/C14H15N3O2S/c18-14(19-12-5-7-15-10-12)17-8-6-11(16-17)3-4-13-2-1-9-20-13/h1-4,6,8-9,12,15H,5,7,10H2/b4-3+. The number of hydrogen-bond acceptors (Lipinski definition) is 5. The fourth-order valence-electron chi connectivity index (χ4n) is 2.01. The molecule has 5 nitrogen and oxygen atoms in total. The van der Waals surface area contributed by atoms with Gasteiger partial charge in [-0.3, -0.25) is 0 Å². The summed E-state index contributed by atoms with van der Waals surface area (Å²) in [6, 6.07) is 5.81. The largest absolute Gasteiger partial charge is 0.443 e. The molecule has 1 unspecified atom stereocenters. The van der Waals surface area contributed by atoms with Crippen molar-refractivity contribution in [3.8, 4) is 0 Å². The van der Waals surface area contributed by atoms with Crippen LogP contribution in [-0.2, 0) is 4.74 Å². The van der Waals surface area contributed by atoms with Gasteiger partial charge in [-0.2, -0.15) is 9.78 Å². The van der Waals surface area contributed by atoms with Gasteiger partial charge in [0.25, 0.3) is 0 Å². The van der Waals surface area contributed by atoms with Crippen molar-refractivity contribution in [2.24, 2.45) is 0 Å². The molecule has 0 amide bonds. The third kappa shape index (κ3) is 3.15. The van der Waals surface area contributed by atoms with E-state index in [0.717, 1.165) is 30.1 Å². The Morgan fingerprint density at radius 1 is 1.50 bits per heavy atom. The Morgan fingerprint density at radius 3 is 3.20 bits per heavy atom. The number of nitrogens with zero attached hydrogens (tertiary/aromatic N) is 2. The minimum atomic E-state index is -0.422. The first-order chi connectivity index (χ1) is 9.81. The molecule has 1 aliphatic rings. The molecule has 1 fully saturated rings. The first-order valence-electron chi connectivity index (χ1n) is 6.50. The predicted octanol–water partition coefficient (Wildman–Crippen LogP) is 2.46. The summed E-state index contributed by atoms with van der Waals surface area (Å²) in [5.41, 5.74) is 0.736. The monoisotopic (exact) mass is 289 g/mol. The third-order valence-corrected chi connectivity index (χ3v) is 3.88. The lowest BCUT2D eigenvalue weighted by molar-refractivity contribution is 0.106. The summed E-state index contributed by atoms with van der Waals surface area (Å²) in [5, 5.41) is 9.36. The van der Waals surface area contributed by atoms with Crippen molar-refractivity contribution in [3.63, 3.8) is 0 Å². The van der Waals surface area contributed by atoms with E-state index in [9.17, 15) is 4.79 Å². The van der Waals surface area contributed by atoms with Crippen molar-refractivity contribution in [2.75, 3.05) is 13.1 Å². The van der Waals surface area contributed by atoms with Crippen molar-refractivity contribution >= 4 is 29.6 Å². The summed E-state index contributed by atoms with van der Waals surface area (Å²) in [4.78, 5) is 13.0. The van der Waals surface area contributed by atoms with Crippen molar-refractivity contribution in [3.05, 3.63) is 40.3 Å². The van der Waals surface area contributed by atoms with Gasteiger partial charge in [0.15, 0.2) is 0 Å². The van der Waals surface area contributed by atoms with E-state index in [0.29, 0.717) is 0 Å². The molecule has 0 spiro atoms. The lowest BCUT2D eigenvalue weighted by Gasteiger charge is -2.09. The lowest BCUT2D eigenvalue weighted by Crippen LogP contribution is -2.24. The Hall–Kier alpha value is -1.92. The molecule has 1 saturated heterocycles. The maximum absolute atomic E-state index is 11.9. The molecule has 2 aromatic rings. The highest BCUT2D eigenvalue weighted by Gasteiger charge is 2.19. The fraction of sp³-hybridized carbons (Fsp3) is 0.286. The molecule has 0 bridgehead atoms. The Bertz CT molecular complexity index is 598. The van der Waals surface area contributed by atoms with Crippen molar-refractivity contribution in [1.82, 2.24) is 15.1 Å². The zero-order valence-electron chi connectivity index (χ0n) is 10.9. The second-order valence-electron chi connectivity index (χ2n) is 4.53. The maximum atomic E-state index is 11.9. The highest BCUT2D eigenvalue weighted by molar-refractivity contribution is 7.10. The maximum Gasteiger partial charge on any atom is 0.435 e. The third-order valence-electron chi connectivity index (χ3n) is 3.04. The number of carbonyl (C=O) groups is 1. The number of carbonyl (C=O) groups excluding carboxylic acids is 1. The molecule has 20 heavy (non-hydrogen) atoms. The summed E-state index contributed by atoms with van der Waals surface area (Å²) in [7, 11) is 0. The Morgan fingerprint density at radius 2 is 2.45 bits per heavy atom. The van der Waals surface area contributed by atoms with Gasteiger partial charge in [-0.25, -0.2) is 4.79 Å². The van der Waals surface area contributed by atoms with E-state index < -0.39 is 6.09 Å². The van der Waals surface area contributed by atoms with Crippen molar-refractivity contribution in [1.29, 1.82) is 0 Å². The van der Waals surface area contributed by atoms with Gasteiger partial charge < -0.3 is 10.1 Å². The number of rotatable bonds is 3. The van der Waals surface area contributed by atoms with Crippen LogP contribution in [0.4, 0.5) is 4.79 Å². The molecule has 0 aromatic carbocycles. The molecule has 1 aliphatic heterocycles. The number of hydrogen-bond donors (Lipinski definition) is 1. The molecule has 104 valence electrons. The second-order valence-corrected chi connectivity index (χ2v) is 5.51. The van der Waals surface area contributed by atoms with E-state index in [1.165, 1.54) is 4.68 Å². The number of aromatic nitrogens is 2. The zero-order valence-corrected chi connectivity index (χ0v) is 11.7. The van der Waals surface area contributed by atoms with Crippen LogP contribution in [0, 0.1) is 0 Å². The molecule has 3 heterocycles. The summed E-state index contributed by atoms with van der Waals surface area (Å²) in [5.74, 6) is 0. The lowest BCUT2D eigenvalue weighted by atomic mass is 10.3. The average molecular weight is 289 g/mol. The summed E-state index contributed by atoms with van der Waals surface area (Å²) < 4.78 is 6.58. The highest BCUT2D eigenvalue weighted by atomic mass is 32.1. The molecule has 0 aliphatic carbocycles. The van der Waals surface area contributed by atoms with Gasteiger partial charge in [0.05, 0.1) is 5.69 Å². The van der Waals surface area contributed by atoms with E-state index in [2.05, 4.69) is 10.4 Å². The molecule has 0 saturated carbocycles. The van der Waals surface area contributed by atoms with Crippen molar-refractivity contribution in [2.45, 2.75) is 12.5 Å². The van der Waals surface area contributed by atoms with E-state index >= 15 is 0 Å². The van der Waals surface area contributed by atoms with Gasteiger partial charge in [-0.05, 0) is 42.6 Å². The van der Waals surface area contributed by atoms with Crippen LogP contribution in [0.15, 0.2) is 29.8 Å². The molecule has 0 radical (unpaired) electrons. The first kappa shape index (κ1) is 13.1. The number of thiophene rings is 1. The van der Waals surface area contributed by atoms with Gasteiger partial charge in [0, 0.05) is 17.6 Å². The van der Waals surface area contributed by atoms with Crippen LogP contribution in [0.3, 0.4) is 0 Å². The SMILES string of the molecule is O=C(OC1CCNC1)n1ccc(/C=C/c2cccs2)n1. The number of nitrogens with one attached hydrogen (secondary N) is 1. The van der Waals surface area contributed by atoms with Crippen molar-refractivity contribution < 1.29 is 9.53 Å². The predicted molar refractivity (Wildman–Crippen MR) is 78.6 cm³/mol. The molecule has 6 heteroatoms. The van der Waals surface area contributed by atoms with Crippen LogP contribution >= 0.6 is 11.3 Å².